The van der Waals surface area contributed by atoms with Gasteiger partial charge in [0.2, 0.25) is 0 Å². The lowest BCUT2D eigenvalue weighted by Crippen LogP contribution is -2.12. The summed E-state index contributed by atoms with van der Waals surface area (Å²) in [4.78, 5) is 11.7. The zero-order valence-electron chi connectivity index (χ0n) is 9.62. The van der Waals surface area contributed by atoms with E-state index in [1.54, 1.807) is 13.0 Å². The van der Waals surface area contributed by atoms with Crippen LogP contribution in [-0.4, -0.2) is 26.1 Å². The number of halogens is 1. The summed E-state index contributed by atoms with van der Waals surface area (Å²) in [5.41, 5.74) is 0.335. The third-order valence-electron chi connectivity index (χ3n) is 2.35. The normalized spacial score (nSPS) is 12.2. The molecule has 0 fully saturated rings. The molecule has 1 atom stereocenters. The monoisotopic (exact) mass is 226 g/mol. The van der Waals surface area contributed by atoms with Crippen molar-refractivity contribution in [2.45, 2.75) is 19.4 Å². The first-order valence-corrected chi connectivity index (χ1v) is 4.98. The lowest BCUT2D eigenvalue weighted by Gasteiger charge is -2.09. The third kappa shape index (κ3) is 3.03. The SMILES string of the molecule is COc1ccc(C(=O)CC(C)OC)cc1F. The van der Waals surface area contributed by atoms with Gasteiger partial charge < -0.3 is 9.47 Å². The summed E-state index contributed by atoms with van der Waals surface area (Å²) in [5.74, 6) is -0.536. The van der Waals surface area contributed by atoms with Crippen molar-refractivity contribution in [3.05, 3.63) is 29.6 Å². The molecule has 0 heterocycles. The topological polar surface area (TPSA) is 35.5 Å². The molecule has 0 radical (unpaired) electrons. The molecule has 4 heteroatoms. The summed E-state index contributed by atoms with van der Waals surface area (Å²) in [6.45, 7) is 1.79. The van der Waals surface area contributed by atoms with E-state index < -0.39 is 5.82 Å². The molecule has 0 aliphatic heterocycles. The number of methoxy groups -OCH3 is 2. The van der Waals surface area contributed by atoms with E-state index in [-0.39, 0.29) is 24.1 Å². The molecule has 0 amide bonds. The zero-order chi connectivity index (χ0) is 12.1. The highest BCUT2D eigenvalue weighted by atomic mass is 19.1. The van der Waals surface area contributed by atoms with Gasteiger partial charge in [-0.3, -0.25) is 4.79 Å². The van der Waals surface area contributed by atoms with Crippen molar-refractivity contribution in [3.8, 4) is 5.75 Å². The van der Waals surface area contributed by atoms with Crippen molar-refractivity contribution in [1.29, 1.82) is 0 Å². The van der Waals surface area contributed by atoms with Gasteiger partial charge in [0.25, 0.3) is 0 Å². The van der Waals surface area contributed by atoms with Crippen molar-refractivity contribution in [3.63, 3.8) is 0 Å². The van der Waals surface area contributed by atoms with E-state index in [9.17, 15) is 9.18 Å². The van der Waals surface area contributed by atoms with Gasteiger partial charge in [-0.1, -0.05) is 0 Å². The number of benzene rings is 1. The van der Waals surface area contributed by atoms with Gasteiger partial charge in [-0.05, 0) is 25.1 Å². The molecule has 3 nitrogen and oxygen atoms in total. The lowest BCUT2D eigenvalue weighted by atomic mass is 10.1. The molecule has 0 saturated carbocycles. The van der Waals surface area contributed by atoms with Crippen LogP contribution in [0.4, 0.5) is 4.39 Å². The van der Waals surface area contributed by atoms with Gasteiger partial charge in [0.05, 0.1) is 13.2 Å². The Balaban J connectivity index is 2.81. The van der Waals surface area contributed by atoms with Crippen LogP contribution in [0.5, 0.6) is 5.75 Å². The first-order valence-electron chi connectivity index (χ1n) is 4.98. The molecule has 1 aromatic rings. The summed E-state index contributed by atoms with van der Waals surface area (Å²) >= 11 is 0. The van der Waals surface area contributed by atoms with Crippen LogP contribution in [0.2, 0.25) is 0 Å². The fourth-order valence-electron chi connectivity index (χ4n) is 1.30. The molecule has 0 bridgehead atoms. The molecule has 0 aliphatic carbocycles. The summed E-state index contributed by atoms with van der Waals surface area (Å²) < 4.78 is 23.1. The quantitative estimate of drug-likeness (QED) is 0.723. The second kappa shape index (κ2) is 5.61. The minimum Gasteiger partial charge on any atom is -0.494 e. The van der Waals surface area contributed by atoms with Gasteiger partial charge in [-0.25, -0.2) is 4.39 Å². The number of carbonyl (C=O) groups excluding carboxylic acids is 1. The summed E-state index contributed by atoms with van der Waals surface area (Å²) in [6.07, 6.45) is 0.0695. The fraction of sp³-hybridized carbons (Fsp3) is 0.417. The Kier molecular flexibility index (Phi) is 4.43. The molecular formula is C12H15FO3. The average Bonchev–Trinajstić information content (AvgIpc) is 2.28. The minimum atomic E-state index is -0.529. The Hall–Kier alpha value is -1.42. The molecule has 0 aromatic heterocycles. The molecule has 0 aliphatic rings. The minimum absolute atomic E-state index is 0.135. The van der Waals surface area contributed by atoms with Crippen LogP contribution in [0, 0.1) is 5.82 Å². The second-order valence-corrected chi connectivity index (χ2v) is 3.52. The van der Waals surface area contributed by atoms with Gasteiger partial charge >= 0.3 is 0 Å². The average molecular weight is 226 g/mol. The van der Waals surface area contributed by atoms with Crippen LogP contribution in [0.15, 0.2) is 18.2 Å². The molecule has 88 valence electrons. The number of hydrogen-bond acceptors (Lipinski definition) is 3. The largest absolute Gasteiger partial charge is 0.494 e. The predicted molar refractivity (Wildman–Crippen MR) is 58.4 cm³/mol. The van der Waals surface area contributed by atoms with Crippen molar-refractivity contribution >= 4 is 5.78 Å². The molecule has 16 heavy (non-hydrogen) atoms. The van der Waals surface area contributed by atoms with Crippen LogP contribution in [0.3, 0.4) is 0 Å². The van der Waals surface area contributed by atoms with Crippen LogP contribution in [-0.2, 0) is 4.74 Å². The van der Waals surface area contributed by atoms with E-state index in [2.05, 4.69) is 0 Å². The van der Waals surface area contributed by atoms with E-state index in [0.29, 0.717) is 5.56 Å². The summed E-state index contributed by atoms with van der Waals surface area (Å²) in [5, 5.41) is 0. The number of rotatable bonds is 5. The summed E-state index contributed by atoms with van der Waals surface area (Å²) in [7, 11) is 2.92. The lowest BCUT2D eigenvalue weighted by molar-refractivity contribution is 0.0791. The van der Waals surface area contributed by atoms with Crippen molar-refractivity contribution in [2.75, 3.05) is 14.2 Å². The Morgan fingerprint density at radius 2 is 2.12 bits per heavy atom. The highest BCUT2D eigenvalue weighted by molar-refractivity contribution is 5.96. The zero-order valence-corrected chi connectivity index (χ0v) is 9.62. The molecule has 1 unspecified atom stereocenters. The highest BCUT2D eigenvalue weighted by Crippen LogP contribution is 2.19. The molecule has 0 saturated heterocycles. The standard InChI is InChI=1S/C12H15FO3/c1-8(15-2)6-11(14)9-4-5-12(16-3)10(13)7-9/h4-5,7-8H,6H2,1-3H3. The maximum atomic E-state index is 13.3. The second-order valence-electron chi connectivity index (χ2n) is 3.52. The van der Waals surface area contributed by atoms with E-state index in [0.717, 1.165) is 0 Å². The number of hydrogen-bond donors (Lipinski definition) is 0. The van der Waals surface area contributed by atoms with E-state index in [4.69, 9.17) is 9.47 Å². The van der Waals surface area contributed by atoms with Gasteiger partial charge in [-0.15, -0.1) is 0 Å². The number of Topliss-reactive ketones (excluding diaryl/α,β-unsaturated/α-hetero) is 1. The van der Waals surface area contributed by atoms with E-state index >= 15 is 0 Å². The van der Waals surface area contributed by atoms with Crippen LogP contribution in [0.25, 0.3) is 0 Å². The van der Waals surface area contributed by atoms with E-state index in [1.807, 2.05) is 0 Å². The van der Waals surface area contributed by atoms with Gasteiger partial charge in [0.1, 0.15) is 0 Å². The number of carbonyl (C=O) groups is 1. The third-order valence-corrected chi connectivity index (χ3v) is 2.35. The predicted octanol–water partition coefficient (Wildman–Crippen LogP) is 2.44. The van der Waals surface area contributed by atoms with Crippen LogP contribution in [0.1, 0.15) is 23.7 Å². The first-order chi connectivity index (χ1) is 7.58. The number of ketones is 1. The van der Waals surface area contributed by atoms with Crippen molar-refractivity contribution in [1.82, 2.24) is 0 Å². The van der Waals surface area contributed by atoms with Crippen LogP contribution >= 0.6 is 0 Å². The maximum absolute atomic E-state index is 13.3. The first kappa shape index (κ1) is 12.6. The highest BCUT2D eigenvalue weighted by Gasteiger charge is 2.13. The Bertz CT molecular complexity index is 377. The molecule has 1 aromatic carbocycles. The van der Waals surface area contributed by atoms with Crippen LogP contribution < -0.4 is 4.74 Å². The smallest absolute Gasteiger partial charge is 0.165 e. The maximum Gasteiger partial charge on any atom is 0.165 e. The van der Waals surface area contributed by atoms with Crippen molar-refractivity contribution < 1.29 is 18.7 Å². The molecule has 0 N–H and O–H groups in total. The van der Waals surface area contributed by atoms with Gasteiger partial charge in [0.15, 0.2) is 17.3 Å². The molecule has 1 rings (SSSR count). The van der Waals surface area contributed by atoms with Crippen molar-refractivity contribution in [2.24, 2.45) is 0 Å². The Morgan fingerprint density at radius 3 is 2.62 bits per heavy atom. The fourth-order valence-corrected chi connectivity index (χ4v) is 1.30. The molecule has 0 spiro atoms. The molecular weight excluding hydrogens is 211 g/mol. The Morgan fingerprint density at radius 1 is 1.44 bits per heavy atom. The van der Waals surface area contributed by atoms with E-state index in [1.165, 1.54) is 26.4 Å². The van der Waals surface area contributed by atoms with Gasteiger partial charge in [0, 0.05) is 19.1 Å². The summed E-state index contributed by atoms with van der Waals surface area (Å²) in [6, 6.07) is 4.18. The van der Waals surface area contributed by atoms with Gasteiger partial charge in [-0.2, -0.15) is 0 Å². The Labute approximate surface area is 94.2 Å². The number of ether oxygens (including phenoxy) is 2.